The predicted molar refractivity (Wildman–Crippen MR) is 90.4 cm³/mol. The zero-order valence-corrected chi connectivity index (χ0v) is 13.4. The maximum Gasteiger partial charge on any atom is 0.294 e. The standard InChI is InChI=1S/C19H17FN2O2/c1-12(2)21-19(24)18(23)17-16(13-6-8-14(20)9-7-13)11-15-5-3-4-10-22(15)17/h3-12H,1-2H3,(H,21,24). The molecule has 0 fully saturated rings. The normalized spacial score (nSPS) is 11.0. The van der Waals surface area contributed by atoms with E-state index in [2.05, 4.69) is 5.32 Å². The molecule has 0 saturated carbocycles. The van der Waals surface area contributed by atoms with Gasteiger partial charge in [-0.3, -0.25) is 9.59 Å². The number of hydrogen-bond acceptors (Lipinski definition) is 2. The third kappa shape index (κ3) is 2.93. The lowest BCUT2D eigenvalue weighted by Crippen LogP contribution is -2.36. The minimum Gasteiger partial charge on any atom is -0.347 e. The number of fused-ring (bicyclic) bond motifs is 1. The number of halogens is 1. The Labute approximate surface area is 138 Å². The quantitative estimate of drug-likeness (QED) is 0.590. The number of aromatic nitrogens is 1. The molecule has 2 heterocycles. The highest BCUT2D eigenvalue weighted by molar-refractivity contribution is 6.43. The van der Waals surface area contributed by atoms with Gasteiger partial charge in [-0.2, -0.15) is 0 Å². The molecule has 3 rings (SSSR count). The number of nitrogens with one attached hydrogen (secondary N) is 1. The number of rotatable bonds is 4. The summed E-state index contributed by atoms with van der Waals surface area (Å²) in [5.41, 5.74) is 2.35. The predicted octanol–water partition coefficient (Wildman–Crippen LogP) is 3.45. The molecule has 1 aromatic carbocycles. The van der Waals surface area contributed by atoms with E-state index in [1.54, 1.807) is 42.6 Å². The zero-order valence-electron chi connectivity index (χ0n) is 13.4. The summed E-state index contributed by atoms with van der Waals surface area (Å²) in [6, 6.07) is 13.0. The van der Waals surface area contributed by atoms with Crippen molar-refractivity contribution >= 4 is 17.2 Å². The molecule has 0 saturated heterocycles. The number of nitrogens with zero attached hydrogens (tertiary/aromatic N) is 1. The van der Waals surface area contributed by atoms with Crippen LogP contribution < -0.4 is 5.32 Å². The molecule has 4 nitrogen and oxygen atoms in total. The molecule has 0 spiro atoms. The molecule has 5 heteroatoms. The van der Waals surface area contributed by atoms with E-state index in [-0.39, 0.29) is 17.6 Å². The molecule has 0 unspecified atom stereocenters. The van der Waals surface area contributed by atoms with E-state index in [0.717, 1.165) is 5.52 Å². The number of carbonyl (C=O) groups excluding carboxylic acids is 2. The van der Waals surface area contributed by atoms with Crippen molar-refractivity contribution in [2.75, 3.05) is 0 Å². The summed E-state index contributed by atoms with van der Waals surface area (Å²) in [5, 5.41) is 2.62. The van der Waals surface area contributed by atoms with E-state index in [1.165, 1.54) is 12.1 Å². The van der Waals surface area contributed by atoms with Crippen LogP contribution in [0.25, 0.3) is 16.6 Å². The van der Waals surface area contributed by atoms with Crippen LogP contribution in [0.3, 0.4) is 0 Å². The van der Waals surface area contributed by atoms with Crippen LogP contribution in [0.15, 0.2) is 54.7 Å². The van der Waals surface area contributed by atoms with Crippen LogP contribution in [0.5, 0.6) is 0 Å². The van der Waals surface area contributed by atoms with E-state index in [0.29, 0.717) is 11.1 Å². The van der Waals surface area contributed by atoms with Gasteiger partial charge in [0.1, 0.15) is 11.5 Å². The van der Waals surface area contributed by atoms with E-state index in [1.807, 2.05) is 18.2 Å². The number of benzene rings is 1. The molecule has 0 aliphatic carbocycles. The van der Waals surface area contributed by atoms with E-state index in [4.69, 9.17) is 0 Å². The van der Waals surface area contributed by atoms with Crippen molar-refractivity contribution in [2.24, 2.45) is 0 Å². The zero-order chi connectivity index (χ0) is 17.3. The Morgan fingerprint density at radius 2 is 1.79 bits per heavy atom. The van der Waals surface area contributed by atoms with Gasteiger partial charge in [0, 0.05) is 23.3 Å². The molecular formula is C19H17FN2O2. The average molecular weight is 324 g/mol. The second-order valence-corrected chi connectivity index (χ2v) is 5.87. The Morgan fingerprint density at radius 1 is 1.08 bits per heavy atom. The first-order valence-electron chi connectivity index (χ1n) is 7.68. The molecule has 1 N–H and O–H groups in total. The van der Waals surface area contributed by atoms with Gasteiger partial charge in [-0.05, 0) is 49.7 Å². The van der Waals surface area contributed by atoms with Crippen LogP contribution in [-0.4, -0.2) is 22.1 Å². The van der Waals surface area contributed by atoms with Crippen LogP contribution in [0.4, 0.5) is 4.39 Å². The van der Waals surface area contributed by atoms with Crippen molar-refractivity contribution in [3.63, 3.8) is 0 Å². The fourth-order valence-electron chi connectivity index (χ4n) is 2.64. The Morgan fingerprint density at radius 3 is 2.46 bits per heavy atom. The highest BCUT2D eigenvalue weighted by Gasteiger charge is 2.24. The van der Waals surface area contributed by atoms with Gasteiger partial charge in [0.2, 0.25) is 0 Å². The van der Waals surface area contributed by atoms with Crippen LogP contribution in [-0.2, 0) is 4.79 Å². The minimum atomic E-state index is -0.655. The first-order valence-corrected chi connectivity index (χ1v) is 7.68. The van der Waals surface area contributed by atoms with Gasteiger partial charge in [-0.15, -0.1) is 0 Å². The molecule has 24 heavy (non-hydrogen) atoms. The summed E-state index contributed by atoms with van der Waals surface area (Å²) >= 11 is 0. The van der Waals surface area contributed by atoms with Crippen molar-refractivity contribution in [1.29, 1.82) is 0 Å². The number of hydrogen-bond donors (Lipinski definition) is 1. The van der Waals surface area contributed by atoms with Crippen molar-refractivity contribution < 1.29 is 14.0 Å². The first-order chi connectivity index (χ1) is 11.5. The lowest BCUT2D eigenvalue weighted by molar-refractivity contribution is -0.117. The van der Waals surface area contributed by atoms with E-state index in [9.17, 15) is 14.0 Å². The Kier molecular flexibility index (Phi) is 4.16. The molecule has 0 atom stereocenters. The molecule has 122 valence electrons. The topological polar surface area (TPSA) is 50.6 Å². The molecule has 0 aliphatic rings. The number of Topliss-reactive ketones (excluding diaryl/α,β-unsaturated/α-hetero) is 1. The molecule has 0 aliphatic heterocycles. The molecule has 0 bridgehead atoms. The second-order valence-electron chi connectivity index (χ2n) is 5.87. The van der Waals surface area contributed by atoms with Crippen molar-refractivity contribution in [2.45, 2.75) is 19.9 Å². The number of ketones is 1. The largest absolute Gasteiger partial charge is 0.347 e. The summed E-state index contributed by atoms with van der Waals surface area (Å²) in [5.74, 6) is -1.63. The van der Waals surface area contributed by atoms with Gasteiger partial charge < -0.3 is 9.72 Å². The number of carbonyl (C=O) groups is 2. The van der Waals surface area contributed by atoms with Gasteiger partial charge >= 0.3 is 0 Å². The summed E-state index contributed by atoms with van der Waals surface area (Å²) in [7, 11) is 0. The van der Waals surface area contributed by atoms with Gasteiger partial charge in [0.15, 0.2) is 0 Å². The van der Waals surface area contributed by atoms with Gasteiger partial charge in [0.05, 0.1) is 0 Å². The fraction of sp³-hybridized carbons (Fsp3) is 0.158. The van der Waals surface area contributed by atoms with Crippen molar-refractivity contribution in [3.05, 3.63) is 66.2 Å². The SMILES string of the molecule is CC(C)NC(=O)C(=O)c1c(-c2ccc(F)cc2)cc2ccccn12. The second kappa shape index (κ2) is 6.28. The third-order valence-electron chi connectivity index (χ3n) is 3.68. The highest BCUT2D eigenvalue weighted by atomic mass is 19.1. The fourth-order valence-corrected chi connectivity index (χ4v) is 2.64. The van der Waals surface area contributed by atoms with Gasteiger partial charge in [-0.25, -0.2) is 4.39 Å². The molecule has 0 radical (unpaired) electrons. The van der Waals surface area contributed by atoms with E-state index < -0.39 is 11.7 Å². The smallest absolute Gasteiger partial charge is 0.294 e. The summed E-state index contributed by atoms with van der Waals surface area (Å²) in [6.07, 6.45) is 1.73. The van der Waals surface area contributed by atoms with Gasteiger partial charge in [0.25, 0.3) is 11.7 Å². The summed E-state index contributed by atoms with van der Waals surface area (Å²) in [4.78, 5) is 24.9. The Hall–Kier alpha value is -2.95. The monoisotopic (exact) mass is 324 g/mol. The number of amides is 1. The van der Waals surface area contributed by atoms with Crippen LogP contribution in [0.1, 0.15) is 24.3 Å². The van der Waals surface area contributed by atoms with Crippen LogP contribution >= 0.6 is 0 Å². The lowest BCUT2D eigenvalue weighted by Gasteiger charge is -2.09. The van der Waals surface area contributed by atoms with Crippen molar-refractivity contribution in [3.8, 4) is 11.1 Å². The maximum atomic E-state index is 13.2. The highest BCUT2D eigenvalue weighted by Crippen LogP contribution is 2.28. The third-order valence-corrected chi connectivity index (χ3v) is 3.68. The Balaban J connectivity index is 2.17. The van der Waals surface area contributed by atoms with Gasteiger partial charge in [-0.1, -0.05) is 18.2 Å². The molecule has 2 aromatic heterocycles. The van der Waals surface area contributed by atoms with Crippen LogP contribution in [0.2, 0.25) is 0 Å². The first kappa shape index (κ1) is 15.9. The lowest BCUT2D eigenvalue weighted by atomic mass is 10.0. The maximum absolute atomic E-state index is 13.2. The summed E-state index contributed by atoms with van der Waals surface area (Å²) in [6.45, 7) is 3.59. The summed E-state index contributed by atoms with van der Waals surface area (Å²) < 4.78 is 14.9. The number of pyridine rings is 1. The van der Waals surface area contributed by atoms with Crippen LogP contribution in [0, 0.1) is 5.82 Å². The molecular weight excluding hydrogens is 307 g/mol. The molecule has 1 amide bonds. The average Bonchev–Trinajstić information content (AvgIpc) is 2.93. The molecule has 3 aromatic rings. The van der Waals surface area contributed by atoms with Crippen molar-refractivity contribution in [1.82, 2.24) is 9.72 Å². The minimum absolute atomic E-state index is 0.137. The van der Waals surface area contributed by atoms with E-state index >= 15 is 0 Å². The Bertz CT molecular complexity index is 911.